The predicted molar refractivity (Wildman–Crippen MR) is 76.0 cm³/mol. The van der Waals surface area contributed by atoms with Gasteiger partial charge in [-0.15, -0.1) is 0 Å². The highest BCUT2D eigenvalue weighted by Crippen LogP contribution is 2.28. The molecule has 0 radical (unpaired) electrons. The van der Waals surface area contributed by atoms with Gasteiger partial charge < -0.3 is 4.98 Å². The van der Waals surface area contributed by atoms with Crippen LogP contribution in [0.3, 0.4) is 0 Å². The summed E-state index contributed by atoms with van der Waals surface area (Å²) in [5, 5.41) is 0.714. The third kappa shape index (κ3) is 1.79. The van der Waals surface area contributed by atoms with E-state index < -0.39 is 0 Å². The lowest BCUT2D eigenvalue weighted by Gasteiger charge is -1.98. The Kier molecular flexibility index (Phi) is 2.60. The molecule has 0 spiro atoms. The molecular formula is C15H13ClN2. The Balaban J connectivity index is 2.26. The van der Waals surface area contributed by atoms with Gasteiger partial charge in [-0.05, 0) is 43.2 Å². The number of halogens is 1. The minimum atomic E-state index is 0.714. The molecule has 0 atom stereocenters. The molecule has 0 saturated heterocycles. The van der Waals surface area contributed by atoms with Gasteiger partial charge in [0.15, 0.2) is 0 Å². The maximum Gasteiger partial charge on any atom is 0.140 e. The minimum absolute atomic E-state index is 0.714. The molecule has 2 nitrogen and oxygen atoms in total. The minimum Gasteiger partial charge on any atom is -0.338 e. The standard InChI is InChI=1S/C15H13ClN2/c1-9-7-10(2)14-13(8-9)17-15(18-14)11-5-3-4-6-12(11)16/h3-8H,1-2H3,(H,17,18). The second-order valence-corrected chi connectivity index (χ2v) is 4.95. The fourth-order valence-electron chi connectivity index (χ4n) is 2.25. The van der Waals surface area contributed by atoms with E-state index in [1.165, 1.54) is 11.1 Å². The molecule has 1 heterocycles. The van der Waals surface area contributed by atoms with Crippen molar-refractivity contribution >= 4 is 22.6 Å². The van der Waals surface area contributed by atoms with E-state index in [4.69, 9.17) is 11.6 Å². The first-order valence-electron chi connectivity index (χ1n) is 5.87. The van der Waals surface area contributed by atoms with Crippen LogP contribution in [0.4, 0.5) is 0 Å². The third-order valence-corrected chi connectivity index (χ3v) is 3.38. The smallest absolute Gasteiger partial charge is 0.140 e. The van der Waals surface area contributed by atoms with Crippen molar-refractivity contribution in [1.29, 1.82) is 0 Å². The molecule has 0 saturated carbocycles. The summed E-state index contributed by atoms with van der Waals surface area (Å²) in [4.78, 5) is 7.98. The normalized spacial score (nSPS) is 11.1. The van der Waals surface area contributed by atoms with Gasteiger partial charge in [-0.2, -0.15) is 0 Å². The van der Waals surface area contributed by atoms with Crippen LogP contribution < -0.4 is 0 Å². The number of nitrogens with one attached hydrogen (secondary N) is 1. The zero-order valence-electron chi connectivity index (χ0n) is 10.3. The fraction of sp³-hybridized carbons (Fsp3) is 0.133. The number of fused-ring (bicyclic) bond motifs is 1. The average molecular weight is 257 g/mol. The van der Waals surface area contributed by atoms with Crippen LogP contribution in [-0.4, -0.2) is 9.97 Å². The van der Waals surface area contributed by atoms with E-state index in [1.807, 2.05) is 24.3 Å². The number of hydrogen-bond acceptors (Lipinski definition) is 1. The molecule has 90 valence electrons. The van der Waals surface area contributed by atoms with Gasteiger partial charge in [0.2, 0.25) is 0 Å². The molecule has 1 aromatic heterocycles. The first-order valence-corrected chi connectivity index (χ1v) is 6.25. The maximum absolute atomic E-state index is 6.20. The van der Waals surface area contributed by atoms with Gasteiger partial charge in [0.1, 0.15) is 5.82 Å². The summed E-state index contributed by atoms with van der Waals surface area (Å²) in [5.74, 6) is 0.823. The molecule has 3 aromatic rings. The second-order valence-electron chi connectivity index (χ2n) is 4.54. The molecule has 0 amide bonds. The number of imidazole rings is 1. The van der Waals surface area contributed by atoms with E-state index in [0.717, 1.165) is 22.4 Å². The van der Waals surface area contributed by atoms with Crippen LogP contribution in [0.2, 0.25) is 5.02 Å². The summed E-state index contributed by atoms with van der Waals surface area (Å²) >= 11 is 6.20. The largest absolute Gasteiger partial charge is 0.338 e. The molecule has 0 aliphatic carbocycles. The molecule has 0 aliphatic heterocycles. The van der Waals surface area contributed by atoms with Gasteiger partial charge in [-0.25, -0.2) is 4.98 Å². The summed E-state index contributed by atoms with van der Waals surface area (Å²) in [7, 11) is 0. The van der Waals surface area contributed by atoms with Crippen LogP contribution in [0.15, 0.2) is 36.4 Å². The van der Waals surface area contributed by atoms with Gasteiger partial charge in [0, 0.05) is 5.56 Å². The van der Waals surface area contributed by atoms with Crippen LogP contribution in [0.5, 0.6) is 0 Å². The number of aromatic nitrogens is 2. The molecule has 0 aliphatic rings. The Hall–Kier alpha value is -1.80. The third-order valence-electron chi connectivity index (χ3n) is 3.05. The van der Waals surface area contributed by atoms with Crippen molar-refractivity contribution in [3.63, 3.8) is 0 Å². The number of rotatable bonds is 1. The second kappa shape index (κ2) is 4.14. The van der Waals surface area contributed by atoms with Crippen molar-refractivity contribution < 1.29 is 0 Å². The highest BCUT2D eigenvalue weighted by molar-refractivity contribution is 6.33. The molecule has 3 rings (SSSR count). The number of H-pyrrole nitrogens is 1. The van der Waals surface area contributed by atoms with Crippen LogP contribution in [0.25, 0.3) is 22.4 Å². The van der Waals surface area contributed by atoms with Gasteiger partial charge in [-0.3, -0.25) is 0 Å². The summed E-state index contributed by atoms with van der Waals surface area (Å²) in [6.45, 7) is 4.16. The predicted octanol–water partition coefficient (Wildman–Crippen LogP) is 4.50. The zero-order chi connectivity index (χ0) is 12.7. The summed E-state index contributed by atoms with van der Waals surface area (Å²) in [5.41, 5.74) is 5.42. The molecule has 1 N–H and O–H groups in total. The molecule has 0 unspecified atom stereocenters. The van der Waals surface area contributed by atoms with Crippen LogP contribution in [0, 0.1) is 13.8 Å². The van der Waals surface area contributed by atoms with Crippen molar-refractivity contribution in [1.82, 2.24) is 9.97 Å². The van der Waals surface area contributed by atoms with E-state index in [2.05, 4.69) is 35.9 Å². The van der Waals surface area contributed by atoms with Crippen molar-refractivity contribution in [3.8, 4) is 11.4 Å². The number of aryl methyl sites for hydroxylation is 2. The summed E-state index contributed by atoms with van der Waals surface area (Å²) < 4.78 is 0. The first-order chi connectivity index (χ1) is 8.65. The molecular weight excluding hydrogens is 244 g/mol. The number of aromatic amines is 1. The molecule has 18 heavy (non-hydrogen) atoms. The lowest BCUT2D eigenvalue weighted by molar-refractivity contribution is 1.33. The lowest BCUT2D eigenvalue weighted by atomic mass is 10.1. The molecule has 3 heteroatoms. The highest BCUT2D eigenvalue weighted by Gasteiger charge is 2.09. The van der Waals surface area contributed by atoms with E-state index in [9.17, 15) is 0 Å². The number of nitrogens with zero attached hydrogens (tertiary/aromatic N) is 1. The zero-order valence-corrected chi connectivity index (χ0v) is 11.0. The Morgan fingerprint density at radius 3 is 2.67 bits per heavy atom. The van der Waals surface area contributed by atoms with Crippen LogP contribution in [0.1, 0.15) is 11.1 Å². The fourth-order valence-corrected chi connectivity index (χ4v) is 2.48. The monoisotopic (exact) mass is 256 g/mol. The molecule has 0 fully saturated rings. The van der Waals surface area contributed by atoms with Crippen molar-refractivity contribution in [2.75, 3.05) is 0 Å². The topological polar surface area (TPSA) is 28.7 Å². The van der Waals surface area contributed by atoms with E-state index in [1.54, 1.807) is 0 Å². The van der Waals surface area contributed by atoms with E-state index in [-0.39, 0.29) is 0 Å². The highest BCUT2D eigenvalue weighted by atomic mass is 35.5. The Bertz CT molecular complexity index is 728. The van der Waals surface area contributed by atoms with Gasteiger partial charge >= 0.3 is 0 Å². The van der Waals surface area contributed by atoms with Crippen molar-refractivity contribution in [2.45, 2.75) is 13.8 Å². The molecule has 0 bridgehead atoms. The van der Waals surface area contributed by atoms with Gasteiger partial charge in [0.25, 0.3) is 0 Å². The average Bonchev–Trinajstić information content (AvgIpc) is 2.73. The van der Waals surface area contributed by atoms with Crippen molar-refractivity contribution in [3.05, 3.63) is 52.5 Å². The Morgan fingerprint density at radius 2 is 1.89 bits per heavy atom. The van der Waals surface area contributed by atoms with Crippen LogP contribution in [-0.2, 0) is 0 Å². The Morgan fingerprint density at radius 1 is 1.11 bits per heavy atom. The maximum atomic E-state index is 6.20. The SMILES string of the molecule is Cc1cc(C)c2nc(-c3ccccc3Cl)[nH]c2c1. The van der Waals surface area contributed by atoms with E-state index in [0.29, 0.717) is 5.02 Å². The first kappa shape index (κ1) is 11.3. The summed E-state index contributed by atoms with van der Waals surface area (Å²) in [6, 6.07) is 12.0. The van der Waals surface area contributed by atoms with Gasteiger partial charge in [0.05, 0.1) is 16.1 Å². The number of hydrogen-bond donors (Lipinski definition) is 1. The number of benzene rings is 2. The van der Waals surface area contributed by atoms with Gasteiger partial charge in [-0.1, -0.05) is 29.8 Å². The Labute approximate surface area is 111 Å². The van der Waals surface area contributed by atoms with Crippen LogP contribution >= 0.6 is 11.6 Å². The molecule has 2 aromatic carbocycles. The summed E-state index contributed by atoms with van der Waals surface area (Å²) in [6.07, 6.45) is 0. The lowest BCUT2D eigenvalue weighted by Crippen LogP contribution is -1.81. The quantitative estimate of drug-likeness (QED) is 0.682. The van der Waals surface area contributed by atoms with E-state index >= 15 is 0 Å². The van der Waals surface area contributed by atoms with Crippen molar-refractivity contribution in [2.24, 2.45) is 0 Å².